The zero-order valence-corrected chi connectivity index (χ0v) is 14.9. The van der Waals surface area contributed by atoms with Gasteiger partial charge in [-0.3, -0.25) is 9.05 Å². The fourth-order valence-corrected chi connectivity index (χ4v) is 2.78. The Balaban J connectivity index is 2.61. The van der Waals surface area contributed by atoms with Crippen LogP contribution in [0.5, 0.6) is 5.75 Å². The third kappa shape index (κ3) is 9.14. The van der Waals surface area contributed by atoms with Gasteiger partial charge in [-0.15, -0.1) is 46.4 Å². The maximum atomic E-state index is 12.5. The lowest BCUT2D eigenvalue weighted by Crippen LogP contribution is -2.07. The molecule has 1 aromatic rings. The summed E-state index contributed by atoms with van der Waals surface area (Å²) in [5.74, 6) is 0.363. The van der Waals surface area contributed by atoms with E-state index in [1.54, 1.807) is 30.3 Å². The minimum Gasteiger partial charge on any atom is -0.404 e. The van der Waals surface area contributed by atoms with Crippen molar-refractivity contribution >= 4 is 54.2 Å². The number of halogens is 4. The topological polar surface area (TPSA) is 44.8 Å². The van der Waals surface area contributed by atoms with Crippen molar-refractivity contribution in [1.29, 1.82) is 0 Å². The van der Waals surface area contributed by atoms with Crippen molar-refractivity contribution in [3.05, 3.63) is 30.3 Å². The zero-order chi connectivity index (χ0) is 15.7. The predicted octanol–water partition coefficient (Wildman–Crippen LogP) is 5.59. The van der Waals surface area contributed by atoms with E-state index in [9.17, 15) is 4.57 Å². The van der Waals surface area contributed by atoms with Crippen LogP contribution in [0.1, 0.15) is 12.8 Å². The summed E-state index contributed by atoms with van der Waals surface area (Å²) in [6.07, 6.45) is 0.588. The van der Waals surface area contributed by atoms with E-state index < -0.39 is 17.5 Å². The minimum atomic E-state index is -3.79. The second kappa shape index (κ2) is 10.2. The smallest absolute Gasteiger partial charge is 0.404 e. The summed E-state index contributed by atoms with van der Waals surface area (Å²) in [6, 6.07) is 8.55. The molecule has 0 fully saturated rings. The van der Waals surface area contributed by atoms with Crippen LogP contribution in [0.3, 0.4) is 0 Å². The Morgan fingerprint density at radius 2 is 1.38 bits per heavy atom. The molecular weight excluding hydrogens is 381 g/mol. The van der Waals surface area contributed by atoms with Crippen molar-refractivity contribution in [2.45, 2.75) is 22.5 Å². The largest absolute Gasteiger partial charge is 0.530 e. The molecule has 0 heterocycles. The van der Waals surface area contributed by atoms with E-state index in [1.807, 2.05) is 0 Å². The van der Waals surface area contributed by atoms with Gasteiger partial charge in [0, 0.05) is 12.8 Å². The van der Waals surface area contributed by atoms with E-state index in [-0.39, 0.29) is 13.2 Å². The zero-order valence-electron chi connectivity index (χ0n) is 11.0. The van der Waals surface area contributed by atoms with Gasteiger partial charge in [0.15, 0.2) is 0 Å². The van der Waals surface area contributed by atoms with Crippen molar-refractivity contribution in [2.24, 2.45) is 0 Å². The third-order valence-corrected chi connectivity index (χ3v) is 4.44. The van der Waals surface area contributed by atoms with Gasteiger partial charge in [-0.2, -0.15) is 0 Å². The molecule has 0 spiro atoms. The van der Waals surface area contributed by atoms with Gasteiger partial charge in [0.1, 0.15) is 15.4 Å². The van der Waals surface area contributed by atoms with Gasteiger partial charge in [0.25, 0.3) is 0 Å². The highest BCUT2D eigenvalue weighted by Gasteiger charge is 2.29. The van der Waals surface area contributed by atoms with E-state index in [0.29, 0.717) is 18.6 Å². The number of hydrogen-bond donors (Lipinski definition) is 0. The van der Waals surface area contributed by atoms with E-state index in [2.05, 4.69) is 0 Å². The summed E-state index contributed by atoms with van der Waals surface area (Å²) in [4.78, 5) is -1.24. The van der Waals surface area contributed by atoms with E-state index >= 15 is 0 Å². The Morgan fingerprint density at radius 1 is 0.905 bits per heavy atom. The molecule has 0 saturated carbocycles. The lowest BCUT2D eigenvalue weighted by atomic mass is 10.3. The average Bonchev–Trinajstić information content (AvgIpc) is 2.38. The van der Waals surface area contributed by atoms with Gasteiger partial charge in [0.2, 0.25) is 0 Å². The van der Waals surface area contributed by atoms with Gasteiger partial charge in [-0.25, -0.2) is 4.57 Å². The van der Waals surface area contributed by atoms with Crippen LogP contribution < -0.4 is 4.52 Å². The van der Waals surface area contributed by atoms with Crippen LogP contribution in [0.4, 0.5) is 0 Å². The molecule has 1 rings (SSSR count). The standard InChI is InChI=1S/C12H15Cl4O4P/c13-11(14)6-8-18-21(17,19-9-7-12(15)16)20-10-4-2-1-3-5-10/h1-5,11-12H,6-9H2. The Kier molecular flexibility index (Phi) is 9.38. The average molecular weight is 396 g/mol. The molecule has 0 aliphatic rings. The monoisotopic (exact) mass is 394 g/mol. The van der Waals surface area contributed by atoms with Crippen LogP contribution in [0.2, 0.25) is 0 Å². The fraction of sp³-hybridized carbons (Fsp3) is 0.500. The van der Waals surface area contributed by atoms with Crippen molar-refractivity contribution < 1.29 is 18.1 Å². The number of phosphoric ester groups is 1. The molecule has 0 N–H and O–H groups in total. The highest BCUT2D eigenvalue weighted by atomic mass is 35.5. The summed E-state index contributed by atoms with van der Waals surface area (Å²) in [7, 11) is -3.79. The van der Waals surface area contributed by atoms with Crippen molar-refractivity contribution in [3.8, 4) is 5.75 Å². The molecule has 0 atom stereocenters. The first kappa shape index (κ1) is 19.4. The first-order valence-electron chi connectivity index (χ1n) is 6.11. The summed E-state index contributed by atoms with van der Waals surface area (Å²) in [6.45, 7) is 0.0694. The second-order valence-corrected chi connectivity index (χ2v) is 8.03. The molecule has 4 nitrogen and oxygen atoms in total. The van der Waals surface area contributed by atoms with Gasteiger partial charge < -0.3 is 4.52 Å². The van der Waals surface area contributed by atoms with E-state index in [4.69, 9.17) is 60.0 Å². The van der Waals surface area contributed by atoms with Crippen LogP contribution in [0.15, 0.2) is 30.3 Å². The molecule has 0 saturated heterocycles. The molecule has 1 aromatic carbocycles. The predicted molar refractivity (Wildman–Crippen MR) is 86.8 cm³/mol. The first-order valence-corrected chi connectivity index (χ1v) is 9.32. The molecule has 0 aromatic heterocycles. The van der Waals surface area contributed by atoms with Gasteiger partial charge in [-0.1, -0.05) is 18.2 Å². The molecular formula is C12H15Cl4O4P. The maximum absolute atomic E-state index is 12.5. The maximum Gasteiger partial charge on any atom is 0.530 e. The lowest BCUT2D eigenvalue weighted by molar-refractivity contribution is 0.155. The molecule has 0 aliphatic heterocycles. The lowest BCUT2D eigenvalue weighted by Gasteiger charge is -2.18. The molecule has 9 heteroatoms. The van der Waals surface area contributed by atoms with Gasteiger partial charge >= 0.3 is 7.82 Å². The SMILES string of the molecule is O=P(OCCC(Cl)Cl)(OCCC(Cl)Cl)Oc1ccccc1. The number of hydrogen-bond acceptors (Lipinski definition) is 4. The summed E-state index contributed by atoms with van der Waals surface area (Å²) >= 11 is 22.4. The quantitative estimate of drug-likeness (QED) is 0.382. The van der Waals surface area contributed by atoms with Crippen LogP contribution in [0, 0.1) is 0 Å². The Bertz CT molecular complexity index is 426. The summed E-state index contributed by atoms with van der Waals surface area (Å²) in [5.41, 5.74) is 0. The third-order valence-electron chi connectivity index (χ3n) is 2.13. The van der Waals surface area contributed by atoms with Crippen molar-refractivity contribution in [3.63, 3.8) is 0 Å². The Morgan fingerprint density at radius 3 is 1.81 bits per heavy atom. The second-order valence-electron chi connectivity index (χ2n) is 3.88. The fourth-order valence-electron chi connectivity index (χ4n) is 1.21. The Hall–Kier alpha value is 0.330. The number of phosphoric acid groups is 1. The first-order chi connectivity index (χ1) is 9.91. The highest BCUT2D eigenvalue weighted by molar-refractivity contribution is 7.48. The molecule has 0 radical (unpaired) electrons. The van der Waals surface area contributed by atoms with Gasteiger partial charge in [0.05, 0.1) is 13.2 Å². The molecule has 21 heavy (non-hydrogen) atoms. The molecule has 120 valence electrons. The number of para-hydroxylation sites is 1. The number of alkyl halides is 4. The normalized spacial score (nSPS) is 12.1. The molecule has 0 bridgehead atoms. The van der Waals surface area contributed by atoms with Crippen LogP contribution in [-0.4, -0.2) is 22.9 Å². The van der Waals surface area contributed by atoms with E-state index in [0.717, 1.165) is 0 Å². The van der Waals surface area contributed by atoms with Crippen molar-refractivity contribution in [2.75, 3.05) is 13.2 Å². The van der Waals surface area contributed by atoms with E-state index in [1.165, 1.54) is 0 Å². The molecule has 0 unspecified atom stereocenters. The minimum absolute atomic E-state index is 0.0347. The number of rotatable bonds is 10. The molecule has 0 aliphatic carbocycles. The Labute approximate surface area is 144 Å². The van der Waals surface area contributed by atoms with Crippen LogP contribution >= 0.6 is 54.2 Å². The van der Waals surface area contributed by atoms with Crippen molar-refractivity contribution in [1.82, 2.24) is 0 Å². The van der Waals surface area contributed by atoms with Gasteiger partial charge in [-0.05, 0) is 12.1 Å². The highest BCUT2D eigenvalue weighted by Crippen LogP contribution is 2.49. The van der Waals surface area contributed by atoms with Crippen LogP contribution in [-0.2, 0) is 13.6 Å². The summed E-state index contributed by atoms with van der Waals surface area (Å²) in [5, 5.41) is 0. The number of benzene rings is 1. The molecule has 0 amide bonds. The summed E-state index contributed by atoms with van der Waals surface area (Å²) < 4.78 is 28.2. The van der Waals surface area contributed by atoms with Crippen LogP contribution in [0.25, 0.3) is 0 Å².